The van der Waals surface area contributed by atoms with E-state index < -0.39 is 11.7 Å². The third kappa shape index (κ3) is 2.34. The van der Waals surface area contributed by atoms with E-state index in [-0.39, 0.29) is 16.8 Å². The Kier molecular flexibility index (Phi) is 3.23. The molecule has 0 aliphatic carbocycles. The molecule has 0 aliphatic rings. The summed E-state index contributed by atoms with van der Waals surface area (Å²) in [7, 11) is 0. The minimum absolute atomic E-state index is 0.0664. The van der Waals surface area contributed by atoms with Gasteiger partial charge < -0.3 is 5.73 Å². The summed E-state index contributed by atoms with van der Waals surface area (Å²) in [4.78, 5) is 0. The number of hydrogen-bond acceptors (Lipinski definition) is 2. The van der Waals surface area contributed by atoms with E-state index in [1.807, 2.05) is 0 Å². The maximum atomic E-state index is 12.6. The van der Waals surface area contributed by atoms with Gasteiger partial charge in [0.15, 0.2) is 0 Å². The van der Waals surface area contributed by atoms with Gasteiger partial charge in [0, 0.05) is 11.1 Å². The molecule has 0 aromatic heterocycles. The fourth-order valence-corrected chi connectivity index (χ4v) is 1.23. The van der Waals surface area contributed by atoms with Gasteiger partial charge in [-0.2, -0.15) is 18.4 Å². The minimum atomic E-state index is -4.48. The topological polar surface area (TPSA) is 49.8 Å². The van der Waals surface area contributed by atoms with E-state index in [1.54, 1.807) is 6.07 Å². The van der Waals surface area contributed by atoms with Crippen molar-refractivity contribution in [3.63, 3.8) is 0 Å². The highest BCUT2D eigenvalue weighted by atomic mass is 19.4. The van der Waals surface area contributed by atoms with E-state index in [4.69, 9.17) is 11.0 Å². The van der Waals surface area contributed by atoms with E-state index in [0.717, 1.165) is 6.07 Å². The summed E-state index contributed by atoms with van der Waals surface area (Å²) in [5, 5.41) is 8.59. The van der Waals surface area contributed by atoms with Crippen molar-refractivity contribution < 1.29 is 13.2 Å². The summed E-state index contributed by atoms with van der Waals surface area (Å²) in [5.41, 5.74) is 4.44. The van der Waals surface area contributed by atoms with E-state index >= 15 is 0 Å². The Morgan fingerprint density at radius 3 is 2.38 bits per heavy atom. The lowest BCUT2D eigenvalue weighted by molar-refractivity contribution is -0.137. The van der Waals surface area contributed by atoms with Crippen LogP contribution < -0.4 is 5.73 Å². The molecule has 16 heavy (non-hydrogen) atoms. The van der Waals surface area contributed by atoms with Gasteiger partial charge in [-0.1, -0.05) is 18.2 Å². The molecule has 0 saturated carbocycles. The van der Waals surface area contributed by atoms with Crippen LogP contribution in [0.15, 0.2) is 29.8 Å². The van der Waals surface area contributed by atoms with Crippen LogP contribution in [-0.4, -0.2) is 0 Å². The number of hydrogen-bond donors (Lipinski definition) is 1. The molecular weight excluding hydrogens is 217 g/mol. The monoisotopic (exact) mass is 226 g/mol. The van der Waals surface area contributed by atoms with Crippen molar-refractivity contribution in [2.45, 2.75) is 13.1 Å². The summed E-state index contributed by atoms with van der Waals surface area (Å²) < 4.78 is 37.8. The van der Waals surface area contributed by atoms with Crippen LogP contribution in [0.2, 0.25) is 0 Å². The minimum Gasteiger partial charge on any atom is -0.397 e. The molecule has 0 atom stereocenters. The van der Waals surface area contributed by atoms with Crippen molar-refractivity contribution in [2.75, 3.05) is 0 Å². The lowest BCUT2D eigenvalue weighted by atomic mass is 10.0. The Balaban J connectivity index is 3.43. The molecule has 0 heterocycles. The summed E-state index contributed by atoms with van der Waals surface area (Å²) in [5.74, 6) is 0. The van der Waals surface area contributed by atoms with Crippen LogP contribution in [0.25, 0.3) is 5.70 Å². The molecule has 0 aliphatic heterocycles. The maximum Gasteiger partial charge on any atom is 0.417 e. The van der Waals surface area contributed by atoms with Gasteiger partial charge in [-0.05, 0) is 13.0 Å². The van der Waals surface area contributed by atoms with E-state index in [0.29, 0.717) is 0 Å². The third-order valence-electron chi connectivity index (χ3n) is 2.09. The number of nitriles is 1. The fourth-order valence-electron chi connectivity index (χ4n) is 1.23. The highest BCUT2D eigenvalue weighted by molar-refractivity contribution is 5.71. The highest BCUT2D eigenvalue weighted by Crippen LogP contribution is 2.34. The molecule has 0 radical (unpaired) electrons. The van der Waals surface area contributed by atoms with E-state index in [9.17, 15) is 13.2 Å². The van der Waals surface area contributed by atoms with Crippen molar-refractivity contribution in [2.24, 2.45) is 5.73 Å². The lowest BCUT2D eigenvalue weighted by Crippen LogP contribution is -2.11. The first-order chi connectivity index (χ1) is 7.38. The van der Waals surface area contributed by atoms with Crippen LogP contribution in [0.4, 0.5) is 13.2 Å². The largest absolute Gasteiger partial charge is 0.417 e. The number of nitrogens with two attached hydrogens (primary N) is 1. The molecule has 1 aromatic carbocycles. The summed E-state index contributed by atoms with van der Waals surface area (Å²) in [6, 6.07) is 6.64. The first-order valence-electron chi connectivity index (χ1n) is 4.41. The Morgan fingerprint density at radius 2 is 1.88 bits per heavy atom. The first-order valence-corrected chi connectivity index (χ1v) is 4.41. The van der Waals surface area contributed by atoms with Crippen molar-refractivity contribution in [1.29, 1.82) is 5.26 Å². The molecule has 0 saturated heterocycles. The maximum absolute atomic E-state index is 12.6. The predicted molar refractivity (Wildman–Crippen MR) is 53.8 cm³/mol. The van der Waals surface area contributed by atoms with Crippen LogP contribution in [0.5, 0.6) is 0 Å². The summed E-state index contributed by atoms with van der Waals surface area (Å²) in [6.07, 6.45) is -4.48. The van der Waals surface area contributed by atoms with E-state index in [2.05, 4.69) is 0 Å². The zero-order valence-electron chi connectivity index (χ0n) is 8.47. The summed E-state index contributed by atoms with van der Waals surface area (Å²) in [6.45, 7) is 1.38. The van der Waals surface area contributed by atoms with Gasteiger partial charge in [0.1, 0.15) is 0 Å². The lowest BCUT2D eigenvalue weighted by Gasteiger charge is -2.13. The van der Waals surface area contributed by atoms with Gasteiger partial charge in [-0.25, -0.2) is 0 Å². The fraction of sp³-hybridized carbons (Fsp3) is 0.182. The molecule has 2 nitrogen and oxygen atoms in total. The summed E-state index contributed by atoms with van der Waals surface area (Å²) >= 11 is 0. The van der Waals surface area contributed by atoms with Gasteiger partial charge in [0.25, 0.3) is 0 Å². The van der Waals surface area contributed by atoms with Crippen LogP contribution in [0, 0.1) is 11.3 Å². The molecule has 1 rings (SSSR count). The van der Waals surface area contributed by atoms with Crippen LogP contribution in [-0.2, 0) is 6.18 Å². The first kappa shape index (κ1) is 12.1. The third-order valence-corrected chi connectivity index (χ3v) is 2.09. The van der Waals surface area contributed by atoms with Crippen molar-refractivity contribution in [3.05, 3.63) is 41.0 Å². The predicted octanol–water partition coefficient (Wildman–Crippen LogP) is 2.92. The average molecular weight is 226 g/mol. The Bertz CT molecular complexity index is 467. The molecule has 2 N–H and O–H groups in total. The van der Waals surface area contributed by atoms with Crippen molar-refractivity contribution in [3.8, 4) is 6.07 Å². The number of benzene rings is 1. The van der Waals surface area contributed by atoms with Gasteiger partial charge in [0.2, 0.25) is 0 Å². The number of nitrogens with zero attached hydrogens (tertiary/aromatic N) is 1. The number of rotatable bonds is 1. The molecule has 0 bridgehead atoms. The Hall–Kier alpha value is -1.96. The van der Waals surface area contributed by atoms with Gasteiger partial charge in [-0.3, -0.25) is 0 Å². The highest BCUT2D eigenvalue weighted by Gasteiger charge is 2.33. The van der Waals surface area contributed by atoms with E-state index in [1.165, 1.54) is 25.1 Å². The second kappa shape index (κ2) is 4.27. The molecule has 0 fully saturated rings. The standard InChI is InChI=1S/C11H9F3N2/c1-7(6-15)10(16)8-4-2-3-5-9(8)11(12,13)14/h2-5H,16H2,1H3/b10-7-. The number of alkyl halides is 3. The quantitative estimate of drug-likeness (QED) is 0.748. The van der Waals surface area contributed by atoms with Crippen molar-refractivity contribution >= 4 is 5.70 Å². The second-order valence-electron chi connectivity index (χ2n) is 3.19. The molecule has 0 unspecified atom stereocenters. The van der Waals surface area contributed by atoms with Gasteiger partial charge in [0.05, 0.1) is 17.3 Å². The van der Waals surface area contributed by atoms with Gasteiger partial charge >= 0.3 is 6.18 Å². The van der Waals surface area contributed by atoms with Crippen LogP contribution in [0.1, 0.15) is 18.1 Å². The number of halogens is 3. The molecule has 5 heteroatoms. The second-order valence-corrected chi connectivity index (χ2v) is 3.19. The van der Waals surface area contributed by atoms with Crippen molar-refractivity contribution in [1.82, 2.24) is 0 Å². The van der Waals surface area contributed by atoms with Gasteiger partial charge in [-0.15, -0.1) is 0 Å². The smallest absolute Gasteiger partial charge is 0.397 e. The molecule has 1 aromatic rings. The zero-order chi connectivity index (χ0) is 12.3. The van der Waals surface area contributed by atoms with Crippen LogP contribution >= 0.6 is 0 Å². The normalized spacial score (nSPS) is 12.9. The molecule has 0 spiro atoms. The zero-order valence-corrected chi connectivity index (χ0v) is 8.47. The molecule has 84 valence electrons. The molecular formula is C11H9F3N2. The Labute approximate surface area is 90.8 Å². The van der Waals surface area contributed by atoms with Crippen LogP contribution in [0.3, 0.4) is 0 Å². The average Bonchev–Trinajstić information content (AvgIpc) is 2.26. The Morgan fingerprint density at radius 1 is 1.31 bits per heavy atom. The SMILES string of the molecule is C/C(C#N)=C(/N)c1ccccc1C(F)(F)F. The number of allylic oxidation sites excluding steroid dienone is 1. The molecule has 0 amide bonds.